The van der Waals surface area contributed by atoms with Crippen molar-refractivity contribution in [2.24, 2.45) is 4.99 Å². The van der Waals surface area contributed by atoms with Gasteiger partial charge >= 0.3 is 0 Å². The number of allylic oxidation sites excluding steroid dienone is 1. The molecule has 1 atom stereocenters. The number of nitrogens with zero attached hydrogens (tertiary/aromatic N) is 1. The van der Waals surface area contributed by atoms with E-state index in [4.69, 9.17) is 23.9 Å². The van der Waals surface area contributed by atoms with Gasteiger partial charge in [-0.2, -0.15) is 0 Å². The Bertz CT molecular complexity index is 983. The zero-order valence-corrected chi connectivity index (χ0v) is 18.6. The first-order chi connectivity index (χ1) is 15.2. The van der Waals surface area contributed by atoms with E-state index in [1.54, 1.807) is 7.11 Å². The van der Waals surface area contributed by atoms with Crippen LogP contribution < -0.4 is 23.8 Å². The van der Waals surface area contributed by atoms with Crippen LogP contribution in [0.4, 0.5) is 0 Å². The van der Waals surface area contributed by atoms with E-state index < -0.39 is 0 Å². The fourth-order valence-electron chi connectivity index (χ4n) is 3.93. The van der Waals surface area contributed by atoms with Crippen molar-refractivity contribution in [3.8, 4) is 23.0 Å². The molecule has 1 unspecified atom stereocenters. The molecule has 2 aliphatic heterocycles. The molecule has 2 aromatic carbocycles. The summed E-state index contributed by atoms with van der Waals surface area (Å²) in [6.07, 6.45) is 3.03. The number of ether oxygens (including phenoxy) is 4. The van der Waals surface area contributed by atoms with Gasteiger partial charge in [-0.1, -0.05) is 0 Å². The summed E-state index contributed by atoms with van der Waals surface area (Å²) in [4.78, 5) is 6.46. The lowest BCUT2D eigenvalue weighted by molar-refractivity contribution is -0.898. The van der Waals surface area contributed by atoms with E-state index in [0.717, 1.165) is 78.2 Å². The van der Waals surface area contributed by atoms with E-state index >= 15 is 0 Å². The Morgan fingerprint density at radius 2 is 1.97 bits per heavy atom. The molecule has 164 valence electrons. The Balaban J connectivity index is 1.76. The molecule has 6 heteroatoms. The van der Waals surface area contributed by atoms with Crippen LogP contribution in [0.5, 0.6) is 23.0 Å². The fraction of sp³-hybridized carbons (Fsp3) is 0.400. The Morgan fingerprint density at radius 1 is 1.06 bits per heavy atom. The molecule has 1 N–H and O–H groups in total. The predicted molar refractivity (Wildman–Crippen MR) is 122 cm³/mol. The van der Waals surface area contributed by atoms with Crippen LogP contribution in [-0.4, -0.2) is 52.2 Å². The fourth-order valence-corrected chi connectivity index (χ4v) is 3.93. The van der Waals surface area contributed by atoms with Gasteiger partial charge in [0.25, 0.3) is 0 Å². The summed E-state index contributed by atoms with van der Waals surface area (Å²) in [6.45, 7) is 9.30. The van der Waals surface area contributed by atoms with E-state index in [0.29, 0.717) is 13.2 Å². The number of nitrogens with one attached hydrogen (secondary N) is 1. The van der Waals surface area contributed by atoms with Crippen molar-refractivity contribution >= 4 is 11.5 Å². The van der Waals surface area contributed by atoms with Crippen LogP contribution >= 0.6 is 0 Å². The number of likely N-dealkylation sites (N-methyl/N-ethyl adjacent to an activating group) is 1. The summed E-state index contributed by atoms with van der Waals surface area (Å²) in [5.74, 6) is 3.81. The van der Waals surface area contributed by atoms with Crippen LogP contribution in [0.25, 0.3) is 5.76 Å². The SMILES string of the molecule is CCOc1ccc2c(c1)C1=NCCC[NH+](CC)CCOc3cc(ccc3OC)C(=C1)O2. The van der Waals surface area contributed by atoms with Gasteiger partial charge in [0.1, 0.15) is 30.4 Å². The zero-order chi connectivity index (χ0) is 21.6. The molecule has 0 aliphatic carbocycles. The predicted octanol–water partition coefficient (Wildman–Crippen LogP) is 3.00. The van der Waals surface area contributed by atoms with Crippen molar-refractivity contribution in [3.05, 3.63) is 53.6 Å². The summed E-state index contributed by atoms with van der Waals surface area (Å²) in [5.41, 5.74) is 2.82. The molecule has 0 amide bonds. The van der Waals surface area contributed by atoms with Gasteiger partial charge in [-0.05, 0) is 50.2 Å². The Labute approximate surface area is 184 Å². The normalized spacial score (nSPS) is 18.4. The molecule has 2 aromatic rings. The van der Waals surface area contributed by atoms with Crippen molar-refractivity contribution in [1.82, 2.24) is 0 Å². The molecular weight excluding hydrogens is 392 g/mol. The highest BCUT2D eigenvalue weighted by Gasteiger charge is 2.22. The quantitative estimate of drug-likeness (QED) is 0.822. The Hall–Kier alpha value is -2.99. The maximum absolute atomic E-state index is 6.27. The molecule has 2 heterocycles. The minimum absolute atomic E-state index is 0.622. The second-order valence-electron chi connectivity index (χ2n) is 7.64. The molecule has 0 aromatic heterocycles. The standard InChI is InChI=1S/C25H30N2O4/c1-4-27-12-6-11-26-21-17-24(31-22-10-8-19(29-5-2)16-20(21)22)18-7-9-23(28-3)25(15-18)30-14-13-27/h7-10,15-17H,4-6,11-14H2,1-3H3/p+1. The Morgan fingerprint density at radius 3 is 2.77 bits per heavy atom. The van der Waals surface area contributed by atoms with E-state index in [2.05, 4.69) is 6.92 Å². The lowest BCUT2D eigenvalue weighted by atomic mass is 10.0. The number of rotatable bonds is 4. The third-order valence-corrected chi connectivity index (χ3v) is 5.66. The minimum atomic E-state index is 0.622. The molecule has 4 rings (SSSR count). The largest absolute Gasteiger partial charge is 0.494 e. The molecule has 4 bridgehead atoms. The maximum Gasteiger partial charge on any atom is 0.162 e. The molecule has 0 fully saturated rings. The van der Waals surface area contributed by atoms with Crippen LogP contribution in [-0.2, 0) is 0 Å². The average molecular weight is 424 g/mol. The lowest BCUT2D eigenvalue weighted by Gasteiger charge is -2.22. The van der Waals surface area contributed by atoms with E-state index in [1.807, 2.05) is 49.4 Å². The van der Waals surface area contributed by atoms with Gasteiger partial charge in [0, 0.05) is 30.2 Å². The summed E-state index contributed by atoms with van der Waals surface area (Å²) in [6, 6.07) is 11.8. The van der Waals surface area contributed by atoms with E-state index in [1.165, 1.54) is 4.90 Å². The summed E-state index contributed by atoms with van der Waals surface area (Å²) < 4.78 is 23.6. The van der Waals surface area contributed by atoms with Crippen LogP contribution in [0.3, 0.4) is 0 Å². The molecule has 2 aliphatic rings. The monoisotopic (exact) mass is 423 g/mol. The number of fused-ring (bicyclic) bond motifs is 6. The molecular formula is C25H31N2O4+. The number of benzene rings is 2. The molecule has 6 nitrogen and oxygen atoms in total. The highest BCUT2D eigenvalue weighted by atomic mass is 16.5. The van der Waals surface area contributed by atoms with Gasteiger partial charge in [0.15, 0.2) is 11.5 Å². The highest BCUT2D eigenvalue weighted by molar-refractivity contribution is 6.15. The van der Waals surface area contributed by atoms with Crippen molar-refractivity contribution in [2.75, 3.05) is 46.5 Å². The summed E-state index contributed by atoms with van der Waals surface area (Å²) in [7, 11) is 1.66. The molecule has 0 radical (unpaired) electrons. The summed E-state index contributed by atoms with van der Waals surface area (Å²) in [5, 5.41) is 0. The highest BCUT2D eigenvalue weighted by Crippen LogP contribution is 2.36. The first-order valence-corrected chi connectivity index (χ1v) is 11.1. The van der Waals surface area contributed by atoms with Crippen molar-refractivity contribution in [3.63, 3.8) is 0 Å². The molecule has 0 saturated carbocycles. The second-order valence-corrected chi connectivity index (χ2v) is 7.64. The van der Waals surface area contributed by atoms with Crippen LogP contribution in [0.2, 0.25) is 0 Å². The Kier molecular flexibility index (Phi) is 6.77. The smallest absolute Gasteiger partial charge is 0.162 e. The number of hydrogen-bond acceptors (Lipinski definition) is 5. The average Bonchev–Trinajstić information content (AvgIpc) is 2.80. The van der Waals surface area contributed by atoms with Crippen LogP contribution in [0.15, 0.2) is 47.5 Å². The van der Waals surface area contributed by atoms with Gasteiger partial charge in [-0.3, -0.25) is 4.99 Å². The second kappa shape index (κ2) is 9.88. The van der Waals surface area contributed by atoms with Crippen molar-refractivity contribution in [1.29, 1.82) is 0 Å². The van der Waals surface area contributed by atoms with Gasteiger partial charge in [-0.25, -0.2) is 0 Å². The number of aliphatic imine (C=N–C) groups is 1. The van der Waals surface area contributed by atoms with Gasteiger partial charge in [-0.15, -0.1) is 0 Å². The zero-order valence-electron chi connectivity index (χ0n) is 18.6. The van der Waals surface area contributed by atoms with Gasteiger partial charge < -0.3 is 23.8 Å². The molecule has 0 spiro atoms. The maximum atomic E-state index is 6.27. The topological polar surface area (TPSA) is 53.7 Å². The first-order valence-electron chi connectivity index (χ1n) is 11.1. The van der Waals surface area contributed by atoms with Crippen molar-refractivity contribution in [2.45, 2.75) is 20.3 Å². The van der Waals surface area contributed by atoms with Crippen LogP contribution in [0.1, 0.15) is 31.4 Å². The lowest BCUT2D eigenvalue weighted by Crippen LogP contribution is -3.12. The number of quaternary nitrogens is 1. The number of methoxy groups -OCH3 is 1. The number of hydrogen-bond donors (Lipinski definition) is 1. The molecule has 31 heavy (non-hydrogen) atoms. The third-order valence-electron chi connectivity index (χ3n) is 5.66. The van der Waals surface area contributed by atoms with Gasteiger partial charge in [0.05, 0.1) is 32.5 Å². The van der Waals surface area contributed by atoms with Crippen molar-refractivity contribution < 1.29 is 23.8 Å². The summed E-state index contributed by atoms with van der Waals surface area (Å²) >= 11 is 0. The van der Waals surface area contributed by atoms with Gasteiger partial charge in [0.2, 0.25) is 0 Å². The van der Waals surface area contributed by atoms with E-state index in [9.17, 15) is 0 Å². The minimum Gasteiger partial charge on any atom is -0.494 e. The molecule has 0 saturated heterocycles. The third kappa shape index (κ3) is 4.85. The first kappa shape index (κ1) is 21.2. The van der Waals surface area contributed by atoms with Crippen LogP contribution in [0, 0.1) is 0 Å². The van der Waals surface area contributed by atoms with E-state index in [-0.39, 0.29) is 0 Å².